The van der Waals surface area contributed by atoms with Crippen LogP contribution in [0.2, 0.25) is 0 Å². The quantitative estimate of drug-likeness (QED) is 0.818. The van der Waals surface area contributed by atoms with E-state index in [9.17, 15) is 0 Å². The second kappa shape index (κ2) is 4.14. The van der Waals surface area contributed by atoms with Crippen molar-refractivity contribution in [2.75, 3.05) is 7.11 Å². The largest absolute Gasteiger partial charge is 0.381 e. The normalized spacial score (nSPS) is 27.8. The lowest BCUT2D eigenvalue weighted by atomic mass is 9.64. The Hall–Kier alpha value is -0.940. The highest BCUT2D eigenvalue weighted by molar-refractivity contribution is 5.04. The third-order valence-corrected chi connectivity index (χ3v) is 3.64. The Balaban J connectivity index is 1.84. The Labute approximate surface area is 96.2 Å². The molecule has 0 saturated heterocycles. The van der Waals surface area contributed by atoms with Crippen LogP contribution >= 0.6 is 0 Å². The molecule has 1 saturated carbocycles. The van der Waals surface area contributed by atoms with Crippen LogP contribution in [-0.4, -0.2) is 34.2 Å². The van der Waals surface area contributed by atoms with Gasteiger partial charge in [-0.2, -0.15) is 0 Å². The summed E-state index contributed by atoms with van der Waals surface area (Å²) in [5, 5.41) is 11.5. The van der Waals surface area contributed by atoms with Gasteiger partial charge in [0.05, 0.1) is 11.8 Å². The summed E-state index contributed by atoms with van der Waals surface area (Å²) >= 11 is 0. The van der Waals surface area contributed by atoms with Crippen LogP contribution in [0.4, 0.5) is 0 Å². The van der Waals surface area contributed by atoms with Gasteiger partial charge in [-0.25, -0.2) is 0 Å². The van der Waals surface area contributed by atoms with Gasteiger partial charge in [-0.05, 0) is 6.42 Å². The molecule has 1 aliphatic carbocycles. The van der Waals surface area contributed by atoms with Gasteiger partial charge < -0.3 is 10.1 Å². The predicted octanol–water partition coefficient (Wildman–Crippen LogP) is 0.718. The molecule has 2 atom stereocenters. The highest BCUT2D eigenvalue weighted by Crippen LogP contribution is 2.42. The van der Waals surface area contributed by atoms with Gasteiger partial charge in [0.15, 0.2) is 0 Å². The minimum Gasteiger partial charge on any atom is -0.381 e. The van der Waals surface area contributed by atoms with Crippen LogP contribution in [0.15, 0.2) is 6.20 Å². The lowest BCUT2D eigenvalue weighted by Crippen LogP contribution is -2.60. The van der Waals surface area contributed by atoms with Crippen molar-refractivity contribution in [2.24, 2.45) is 12.5 Å². The SMILES string of the molecule is COC1CC(NCc2cn(C)nn2)C1(C)C. The zero-order valence-corrected chi connectivity index (χ0v) is 10.4. The molecule has 1 fully saturated rings. The molecular formula is C11H20N4O. The van der Waals surface area contributed by atoms with E-state index < -0.39 is 0 Å². The number of aryl methyl sites for hydroxylation is 1. The second-order valence-corrected chi connectivity index (χ2v) is 5.10. The molecule has 0 aromatic carbocycles. The zero-order chi connectivity index (χ0) is 11.8. The Bertz CT molecular complexity index is 361. The summed E-state index contributed by atoms with van der Waals surface area (Å²) in [7, 11) is 3.66. The van der Waals surface area contributed by atoms with Gasteiger partial charge in [-0.3, -0.25) is 4.68 Å². The fourth-order valence-electron chi connectivity index (χ4n) is 2.34. The minimum absolute atomic E-state index is 0.205. The van der Waals surface area contributed by atoms with E-state index in [1.807, 2.05) is 13.2 Å². The molecule has 2 rings (SSSR count). The Morgan fingerprint density at radius 3 is 2.88 bits per heavy atom. The number of aromatic nitrogens is 3. The van der Waals surface area contributed by atoms with Gasteiger partial charge >= 0.3 is 0 Å². The Morgan fingerprint density at radius 2 is 2.38 bits per heavy atom. The first-order chi connectivity index (χ1) is 7.54. The van der Waals surface area contributed by atoms with E-state index in [4.69, 9.17) is 4.74 Å². The molecule has 5 nitrogen and oxygen atoms in total. The van der Waals surface area contributed by atoms with Crippen molar-refractivity contribution in [3.63, 3.8) is 0 Å². The van der Waals surface area contributed by atoms with Crippen molar-refractivity contribution < 1.29 is 4.74 Å². The zero-order valence-electron chi connectivity index (χ0n) is 10.4. The first kappa shape index (κ1) is 11.5. The van der Waals surface area contributed by atoms with Gasteiger partial charge in [0.2, 0.25) is 0 Å². The van der Waals surface area contributed by atoms with Crippen molar-refractivity contribution in [1.29, 1.82) is 0 Å². The molecule has 0 radical (unpaired) electrons. The fraction of sp³-hybridized carbons (Fsp3) is 0.818. The molecular weight excluding hydrogens is 204 g/mol. The van der Waals surface area contributed by atoms with Crippen LogP contribution in [0.25, 0.3) is 0 Å². The average Bonchev–Trinajstić information content (AvgIpc) is 2.63. The number of methoxy groups -OCH3 is 1. The van der Waals surface area contributed by atoms with Gasteiger partial charge in [-0.15, -0.1) is 5.10 Å². The average molecular weight is 224 g/mol. The second-order valence-electron chi connectivity index (χ2n) is 5.10. The first-order valence-corrected chi connectivity index (χ1v) is 5.65. The number of nitrogens with zero attached hydrogens (tertiary/aromatic N) is 3. The van der Waals surface area contributed by atoms with Crippen LogP contribution in [0.3, 0.4) is 0 Å². The van der Waals surface area contributed by atoms with Gasteiger partial charge in [0.25, 0.3) is 0 Å². The van der Waals surface area contributed by atoms with Crippen molar-refractivity contribution in [3.05, 3.63) is 11.9 Å². The summed E-state index contributed by atoms with van der Waals surface area (Å²) in [5.74, 6) is 0. The number of ether oxygens (including phenoxy) is 1. The molecule has 16 heavy (non-hydrogen) atoms. The van der Waals surface area contributed by atoms with E-state index in [0.29, 0.717) is 12.1 Å². The van der Waals surface area contributed by atoms with Crippen LogP contribution in [-0.2, 0) is 18.3 Å². The number of nitrogens with one attached hydrogen (secondary N) is 1. The summed E-state index contributed by atoms with van der Waals surface area (Å²) in [4.78, 5) is 0. The summed E-state index contributed by atoms with van der Waals surface area (Å²) < 4.78 is 7.14. The molecule has 1 aromatic rings. The molecule has 1 aromatic heterocycles. The fourth-order valence-corrected chi connectivity index (χ4v) is 2.34. The van der Waals surface area contributed by atoms with E-state index in [1.54, 1.807) is 11.8 Å². The lowest BCUT2D eigenvalue weighted by Gasteiger charge is -2.51. The summed E-state index contributed by atoms with van der Waals surface area (Å²) in [6.45, 7) is 5.25. The van der Waals surface area contributed by atoms with Crippen LogP contribution in [0.1, 0.15) is 26.0 Å². The Morgan fingerprint density at radius 1 is 1.62 bits per heavy atom. The maximum Gasteiger partial charge on any atom is 0.0964 e. The third kappa shape index (κ3) is 1.97. The molecule has 0 amide bonds. The standard InChI is InChI=1S/C11H20N4O/c1-11(2)9(5-10(11)16-4)12-6-8-7-15(3)14-13-8/h7,9-10,12H,5-6H2,1-4H3. The summed E-state index contributed by atoms with van der Waals surface area (Å²) in [5.41, 5.74) is 1.19. The molecule has 90 valence electrons. The van der Waals surface area contributed by atoms with Crippen LogP contribution < -0.4 is 5.32 Å². The monoisotopic (exact) mass is 224 g/mol. The highest BCUT2D eigenvalue weighted by Gasteiger charge is 2.48. The van der Waals surface area contributed by atoms with Crippen LogP contribution in [0, 0.1) is 5.41 Å². The number of hydrogen-bond acceptors (Lipinski definition) is 4. The first-order valence-electron chi connectivity index (χ1n) is 5.65. The molecule has 2 unspecified atom stereocenters. The predicted molar refractivity (Wildman–Crippen MR) is 60.8 cm³/mol. The highest BCUT2D eigenvalue weighted by atomic mass is 16.5. The van der Waals surface area contributed by atoms with E-state index in [2.05, 4.69) is 29.5 Å². The van der Waals surface area contributed by atoms with E-state index in [1.165, 1.54) is 0 Å². The van der Waals surface area contributed by atoms with Crippen molar-refractivity contribution in [1.82, 2.24) is 20.3 Å². The maximum absolute atomic E-state index is 5.42. The topological polar surface area (TPSA) is 52.0 Å². The molecule has 5 heteroatoms. The number of hydrogen-bond donors (Lipinski definition) is 1. The van der Waals surface area contributed by atoms with Crippen LogP contribution in [0.5, 0.6) is 0 Å². The molecule has 1 N–H and O–H groups in total. The van der Waals surface area contributed by atoms with Gasteiger partial charge in [0.1, 0.15) is 0 Å². The maximum atomic E-state index is 5.42. The van der Waals surface area contributed by atoms with E-state index >= 15 is 0 Å². The van der Waals surface area contributed by atoms with Gasteiger partial charge in [-0.1, -0.05) is 19.1 Å². The third-order valence-electron chi connectivity index (χ3n) is 3.64. The molecule has 0 bridgehead atoms. The molecule has 1 heterocycles. The van der Waals surface area contributed by atoms with E-state index in [0.717, 1.165) is 18.7 Å². The minimum atomic E-state index is 0.205. The van der Waals surface area contributed by atoms with Gasteiger partial charge in [0, 0.05) is 38.4 Å². The summed E-state index contributed by atoms with van der Waals surface area (Å²) in [6.07, 6.45) is 3.38. The smallest absolute Gasteiger partial charge is 0.0964 e. The molecule has 0 aliphatic heterocycles. The molecule has 1 aliphatic rings. The van der Waals surface area contributed by atoms with Crippen molar-refractivity contribution in [3.8, 4) is 0 Å². The lowest BCUT2D eigenvalue weighted by molar-refractivity contribution is -0.0979. The molecule has 0 spiro atoms. The van der Waals surface area contributed by atoms with Crippen molar-refractivity contribution >= 4 is 0 Å². The summed E-state index contributed by atoms with van der Waals surface area (Å²) in [6, 6.07) is 0.499. The van der Waals surface area contributed by atoms with Crippen molar-refractivity contribution in [2.45, 2.75) is 39.0 Å². The van der Waals surface area contributed by atoms with E-state index in [-0.39, 0.29) is 5.41 Å². The Kier molecular flexibility index (Phi) is 2.99. The number of rotatable bonds is 4.